The third-order valence-electron chi connectivity index (χ3n) is 3.29. The van der Waals surface area contributed by atoms with Gasteiger partial charge in [-0.2, -0.15) is 5.10 Å². The van der Waals surface area contributed by atoms with Crippen LogP contribution in [-0.2, 0) is 20.8 Å². The number of rotatable bonds is 4. The lowest BCUT2D eigenvalue weighted by Crippen LogP contribution is -2.35. The fraction of sp³-hybridized carbons (Fsp3) is 0.692. The summed E-state index contributed by atoms with van der Waals surface area (Å²) in [7, 11) is 0. The fourth-order valence-corrected chi connectivity index (χ4v) is 2.45. The van der Waals surface area contributed by atoms with Crippen molar-refractivity contribution >= 4 is 5.97 Å². The van der Waals surface area contributed by atoms with Crippen LogP contribution in [0.5, 0.6) is 0 Å². The summed E-state index contributed by atoms with van der Waals surface area (Å²) >= 11 is 0. The van der Waals surface area contributed by atoms with E-state index < -0.39 is 0 Å². The van der Waals surface area contributed by atoms with Gasteiger partial charge in [0.25, 0.3) is 0 Å². The average Bonchev–Trinajstić information content (AvgIpc) is 2.66. The molecule has 2 heterocycles. The van der Waals surface area contributed by atoms with E-state index in [0.717, 1.165) is 30.1 Å². The molecule has 0 radical (unpaired) electrons. The van der Waals surface area contributed by atoms with Gasteiger partial charge in [0, 0.05) is 17.8 Å². The summed E-state index contributed by atoms with van der Waals surface area (Å²) in [6, 6.07) is 0.157. The number of morpholine rings is 1. The van der Waals surface area contributed by atoms with E-state index in [4.69, 9.17) is 9.47 Å². The number of ether oxygens (including phenoxy) is 2. The Kier molecular flexibility index (Phi) is 4.55. The minimum Gasteiger partial charge on any atom is -0.465 e. The van der Waals surface area contributed by atoms with Gasteiger partial charge >= 0.3 is 5.97 Å². The number of nitrogens with zero attached hydrogens (tertiary/aromatic N) is 2. The van der Waals surface area contributed by atoms with Gasteiger partial charge < -0.3 is 14.8 Å². The zero-order chi connectivity index (χ0) is 13.8. The van der Waals surface area contributed by atoms with Crippen LogP contribution >= 0.6 is 0 Å². The first kappa shape index (κ1) is 14.0. The lowest BCUT2D eigenvalue weighted by atomic mass is 10.0. The Morgan fingerprint density at radius 2 is 2.37 bits per heavy atom. The largest absolute Gasteiger partial charge is 0.465 e. The van der Waals surface area contributed by atoms with Crippen molar-refractivity contribution in [3.8, 4) is 0 Å². The van der Waals surface area contributed by atoms with Gasteiger partial charge in [-0.25, -0.2) is 0 Å². The predicted octanol–water partition coefficient (Wildman–Crippen LogP) is 0.724. The first-order valence-electron chi connectivity index (χ1n) is 6.64. The topological polar surface area (TPSA) is 65.4 Å². The third kappa shape index (κ3) is 3.13. The van der Waals surface area contributed by atoms with Crippen LogP contribution in [0.4, 0.5) is 0 Å². The van der Waals surface area contributed by atoms with Crippen molar-refractivity contribution < 1.29 is 14.3 Å². The maximum Gasteiger partial charge on any atom is 0.327 e. The van der Waals surface area contributed by atoms with Gasteiger partial charge in [-0.1, -0.05) is 0 Å². The standard InChI is InChI=1S/C13H21N3O3/c1-4-19-12(17)7-16-10(3)13(9(2)15-16)11-8-18-6-5-14-11/h11,14H,4-8H2,1-3H3/t11-/m0/s1. The van der Waals surface area contributed by atoms with Crippen molar-refractivity contribution in [3.63, 3.8) is 0 Å². The molecule has 19 heavy (non-hydrogen) atoms. The lowest BCUT2D eigenvalue weighted by Gasteiger charge is -2.24. The average molecular weight is 267 g/mol. The number of nitrogens with one attached hydrogen (secondary N) is 1. The molecule has 0 saturated carbocycles. The number of aromatic nitrogens is 2. The van der Waals surface area contributed by atoms with Crippen LogP contribution < -0.4 is 5.32 Å². The summed E-state index contributed by atoms with van der Waals surface area (Å²) in [6.45, 7) is 8.51. The minimum atomic E-state index is -0.257. The Bertz CT molecular complexity index is 450. The summed E-state index contributed by atoms with van der Waals surface area (Å²) in [6.07, 6.45) is 0. The van der Waals surface area contributed by atoms with E-state index in [-0.39, 0.29) is 18.6 Å². The van der Waals surface area contributed by atoms with Crippen LogP contribution in [0.15, 0.2) is 0 Å². The molecule has 1 aliphatic heterocycles. The molecule has 0 aliphatic carbocycles. The third-order valence-corrected chi connectivity index (χ3v) is 3.29. The minimum absolute atomic E-state index is 0.157. The second kappa shape index (κ2) is 6.16. The molecule has 6 heteroatoms. The highest BCUT2D eigenvalue weighted by Gasteiger charge is 2.23. The molecule has 1 saturated heterocycles. The molecule has 0 amide bonds. The molecular weight excluding hydrogens is 246 g/mol. The second-order valence-electron chi connectivity index (χ2n) is 4.63. The number of esters is 1. The molecule has 0 unspecified atom stereocenters. The highest BCUT2D eigenvalue weighted by atomic mass is 16.5. The number of hydrogen-bond donors (Lipinski definition) is 1. The van der Waals surface area contributed by atoms with Crippen molar-refractivity contribution in [1.82, 2.24) is 15.1 Å². The zero-order valence-corrected chi connectivity index (χ0v) is 11.7. The van der Waals surface area contributed by atoms with Crippen LogP contribution in [0.1, 0.15) is 29.9 Å². The SMILES string of the molecule is CCOC(=O)Cn1nc(C)c([C@@H]2COCCN2)c1C. The summed E-state index contributed by atoms with van der Waals surface area (Å²) in [5.74, 6) is -0.257. The van der Waals surface area contributed by atoms with Gasteiger partial charge in [-0.15, -0.1) is 0 Å². The molecule has 1 aliphatic rings. The van der Waals surface area contributed by atoms with E-state index in [1.165, 1.54) is 0 Å². The van der Waals surface area contributed by atoms with Gasteiger partial charge in [0.05, 0.1) is 31.6 Å². The Morgan fingerprint density at radius 1 is 1.58 bits per heavy atom. The molecular formula is C13H21N3O3. The van der Waals surface area contributed by atoms with E-state index in [1.807, 2.05) is 13.8 Å². The molecule has 1 N–H and O–H groups in total. The molecule has 6 nitrogen and oxygen atoms in total. The Morgan fingerprint density at radius 3 is 3.00 bits per heavy atom. The first-order chi connectivity index (χ1) is 9.13. The van der Waals surface area contributed by atoms with Crippen molar-refractivity contribution in [2.75, 3.05) is 26.4 Å². The van der Waals surface area contributed by atoms with E-state index in [2.05, 4.69) is 10.4 Å². The molecule has 1 atom stereocenters. The van der Waals surface area contributed by atoms with Gasteiger partial charge in [0.2, 0.25) is 0 Å². The summed E-state index contributed by atoms with van der Waals surface area (Å²) < 4.78 is 12.1. The Labute approximate surface area is 113 Å². The van der Waals surface area contributed by atoms with Crippen molar-refractivity contribution in [3.05, 3.63) is 17.0 Å². The monoisotopic (exact) mass is 267 g/mol. The van der Waals surface area contributed by atoms with Gasteiger partial charge in [0.15, 0.2) is 0 Å². The number of carbonyl (C=O) groups excluding carboxylic acids is 1. The van der Waals surface area contributed by atoms with Crippen LogP contribution in [0.2, 0.25) is 0 Å². The second-order valence-corrected chi connectivity index (χ2v) is 4.63. The van der Waals surface area contributed by atoms with Crippen LogP contribution in [0, 0.1) is 13.8 Å². The molecule has 1 aromatic rings. The van der Waals surface area contributed by atoms with Crippen molar-refractivity contribution in [1.29, 1.82) is 0 Å². The van der Waals surface area contributed by atoms with Crippen molar-refractivity contribution in [2.24, 2.45) is 0 Å². The van der Waals surface area contributed by atoms with Gasteiger partial charge in [0.1, 0.15) is 6.54 Å². The van der Waals surface area contributed by atoms with Crippen molar-refractivity contribution in [2.45, 2.75) is 33.4 Å². The number of hydrogen-bond acceptors (Lipinski definition) is 5. The molecule has 0 aromatic carbocycles. The van der Waals surface area contributed by atoms with Crippen LogP contribution in [0.3, 0.4) is 0 Å². The van der Waals surface area contributed by atoms with Crippen LogP contribution in [0.25, 0.3) is 0 Å². The summed E-state index contributed by atoms with van der Waals surface area (Å²) in [5.41, 5.74) is 3.06. The molecule has 0 spiro atoms. The van der Waals surface area contributed by atoms with E-state index in [0.29, 0.717) is 13.2 Å². The first-order valence-corrected chi connectivity index (χ1v) is 6.64. The highest BCUT2D eigenvalue weighted by molar-refractivity contribution is 5.69. The van der Waals surface area contributed by atoms with Crippen LogP contribution in [-0.4, -0.2) is 42.1 Å². The molecule has 2 rings (SSSR count). The molecule has 0 bridgehead atoms. The molecule has 106 valence electrons. The van der Waals surface area contributed by atoms with E-state index >= 15 is 0 Å². The van der Waals surface area contributed by atoms with E-state index in [1.54, 1.807) is 11.6 Å². The summed E-state index contributed by atoms with van der Waals surface area (Å²) in [5, 5.41) is 7.84. The zero-order valence-electron chi connectivity index (χ0n) is 11.7. The summed E-state index contributed by atoms with van der Waals surface area (Å²) in [4.78, 5) is 11.5. The van der Waals surface area contributed by atoms with Gasteiger partial charge in [-0.3, -0.25) is 9.48 Å². The maximum atomic E-state index is 11.5. The van der Waals surface area contributed by atoms with Gasteiger partial charge in [-0.05, 0) is 20.8 Å². The Hall–Kier alpha value is -1.40. The highest BCUT2D eigenvalue weighted by Crippen LogP contribution is 2.23. The molecule has 1 fully saturated rings. The fourth-order valence-electron chi connectivity index (χ4n) is 2.45. The normalized spacial score (nSPS) is 19.4. The maximum absolute atomic E-state index is 11.5. The van der Waals surface area contributed by atoms with E-state index in [9.17, 15) is 4.79 Å². The molecule has 1 aromatic heterocycles. The smallest absolute Gasteiger partial charge is 0.327 e. The predicted molar refractivity (Wildman–Crippen MR) is 69.9 cm³/mol. The number of aryl methyl sites for hydroxylation is 1. The number of carbonyl (C=O) groups is 1. The quantitative estimate of drug-likeness (QED) is 0.814. The Balaban J connectivity index is 2.16. The lowest BCUT2D eigenvalue weighted by molar-refractivity contribution is -0.144.